The van der Waals surface area contributed by atoms with Crippen LogP contribution in [0.25, 0.3) is 0 Å². The first-order valence-corrected chi connectivity index (χ1v) is 7.62. The lowest BCUT2D eigenvalue weighted by Gasteiger charge is -2.44. The predicted octanol–water partition coefficient (Wildman–Crippen LogP) is 3.32. The van der Waals surface area contributed by atoms with Gasteiger partial charge in [0.1, 0.15) is 5.82 Å². The molecule has 1 aliphatic carbocycles. The average Bonchev–Trinajstić information content (AvgIpc) is 3.26. The third kappa shape index (κ3) is 2.89. The van der Waals surface area contributed by atoms with Gasteiger partial charge in [0, 0.05) is 37.3 Å². The molecule has 2 nitrogen and oxygen atoms in total. The first-order chi connectivity index (χ1) is 9.97. The first-order valence-electron chi connectivity index (χ1n) is 7.62. The Kier molecular flexibility index (Phi) is 3.86. The van der Waals surface area contributed by atoms with E-state index in [0.29, 0.717) is 30.5 Å². The largest absolute Gasteiger partial charge is 0.363 e. The van der Waals surface area contributed by atoms with Crippen LogP contribution in [0.3, 0.4) is 0 Å². The summed E-state index contributed by atoms with van der Waals surface area (Å²) in [6, 6.07) is 2.04. The van der Waals surface area contributed by atoms with Crippen LogP contribution in [0.1, 0.15) is 26.7 Å². The minimum atomic E-state index is -1.13. The highest BCUT2D eigenvalue weighted by Gasteiger charge is 2.38. The summed E-state index contributed by atoms with van der Waals surface area (Å²) in [5, 5.41) is 3.53. The quantitative estimate of drug-likeness (QED) is 0.861. The molecule has 1 aliphatic heterocycles. The van der Waals surface area contributed by atoms with E-state index in [0.717, 1.165) is 12.6 Å². The second-order valence-electron chi connectivity index (χ2n) is 6.53. The van der Waals surface area contributed by atoms with Crippen molar-refractivity contribution < 1.29 is 13.2 Å². The van der Waals surface area contributed by atoms with Gasteiger partial charge in [-0.25, -0.2) is 13.2 Å². The van der Waals surface area contributed by atoms with Crippen molar-refractivity contribution in [2.24, 2.45) is 11.8 Å². The van der Waals surface area contributed by atoms with E-state index in [1.165, 1.54) is 12.8 Å². The van der Waals surface area contributed by atoms with E-state index < -0.39 is 17.5 Å². The Morgan fingerprint density at radius 1 is 1.10 bits per heavy atom. The molecule has 1 aromatic carbocycles. The Bertz CT molecular complexity index is 528. The molecule has 1 saturated carbocycles. The van der Waals surface area contributed by atoms with Gasteiger partial charge in [-0.3, -0.25) is 0 Å². The number of rotatable bonds is 3. The second kappa shape index (κ2) is 5.52. The number of hydrogen-bond donors (Lipinski definition) is 1. The molecule has 2 unspecified atom stereocenters. The second-order valence-corrected chi connectivity index (χ2v) is 6.53. The molecule has 2 aliphatic rings. The van der Waals surface area contributed by atoms with Crippen LogP contribution < -0.4 is 10.2 Å². The van der Waals surface area contributed by atoms with Crippen LogP contribution >= 0.6 is 0 Å². The van der Waals surface area contributed by atoms with Gasteiger partial charge < -0.3 is 10.2 Å². The molecule has 116 valence electrons. The van der Waals surface area contributed by atoms with Gasteiger partial charge in [-0.1, -0.05) is 13.8 Å². The van der Waals surface area contributed by atoms with E-state index in [-0.39, 0.29) is 11.7 Å². The molecule has 1 N–H and O–H groups in total. The Hall–Kier alpha value is -1.23. The number of benzene rings is 1. The molecule has 0 spiro atoms. The van der Waals surface area contributed by atoms with E-state index in [4.69, 9.17) is 0 Å². The van der Waals surface area contributed by atoms with Crippen molar-refractivity contribution in [3.8, 4) is 0 Å². The lowest BCUT2D eigenvalue weighted by atomic mass is 9.96. The standard InChI is InChI=1S/C16H21F3N2/c1-9(2)16-7-20-14(10-3-4-10)8-21(16)15-6-12(18)11(17)5-13(15)19/h5-6,9-10,14,16,20H,3-4,7-8H2,1-2H3. The van der Waals surface area contributed by atoms with E-state index in [9.17, 15) is 13.2 Å². The van der Waals surface area contributed by atoms with Crippen LogP contribution in [0, 0.1) is 29.3 Å². The molecule has 3 rings (SSSR count). The van der Waals surface area contributed by atoms with Crippen molar-refractivity contribution in [1.82, 2.24) is 5.32 Å². The molecule has 1 aromatic rings. The van der Waals surface area contributed by atoms with Crippen molar-refractivity contribution in [3.05, 3.63) is 29.6 Å². The summed E-state index contributed by atoms with van der Waals surface area (Å²) in [5.74, 6) is -1.88. The van der Waals surface area contributed by atoms with Crippen LogP contribution in [0.4, 0.5) is 18.9 Å². The minimum absolute atomic E-state index is 0.0827. The number of nitrogens with one attached hydrogen (secondary N) is 1. The summed E-state index contributed by atoms with van der Waals surface area (Å²) < 4.78 is 40.8. The Morgan fingerprint density at radius 2 is 1.76 bits per heavy atom. The monoisotopic (exact) mass is 298 g/mol. The predicted molar refractivity (Wildman–Crippen MR) is 76.8 cm³/mol. The number of nitrogens with zero attached hydrogens (tertiary/aromatic N) is 1. The van der Waals surface area contributed by atoms with Gasteiger partial charge in [-0.05, 0) is 24.7 Å². The lowest BCUT2D eigenvalue weighted by molar-refractivity contribution is 0.317. The highest BCUT2D eigenvalue weighted by Crippen LogP contribution is 2.36. The van der Waals surface area contributed by atoms with Crippen molar-refractivity contribution in [2.75, 3.05) is 18.0 Å². The molecule has 2 atom stereocenters. The van der Waals surface area contributed by atoms with E-state index in [1.807, 2.05) is 4.90 Å². The topological polar surface area (TPSA) is 15.3 Å². The summed E-state index contributed by atoms with van der Waals surface area (Å²) >= 11 is 0. The molecule has 0 aromatic heterocycles. The molecule has 21 heavy (non-hydrogen) atoms. The number of anilines is 1. The lowest BCUT2D eigenvalue weighted by Crippen LogP contribution is -2.59. The maximum atomic E-state index is 14.1. The maximum Gasteiger partial charge on any atom is 0.161 e. The molecular formula is C16H21F3N2. The van der Waals surface area contributed by atoms with Gasteiger partial charge in [0.2, 0.25) is 0 Å². The molecule has 0 radical (unpaired) electrons. The smallest absolute Gasteiger partial charge is 0.161 e. The summed E-state index contributed by atoms with van der Waals surface area (Å²) in [4.78, 5) is 1.92. The highest BCUT2D eigenvalue weighted by atomic mass is 19.2. The summed E-state index contributed by atoms with van der Waals surface area (Å²) in [5.41, 5.74) is 0.180. The van der Waals surface area contributed by atoms with Crippen LogP contribution in [0.5, 0.6) is 0 Å². The Balaban J connectivity index is 1.92. The van der Waals surface area contributed by atoms with Gasteiger partial charge in [-0.2, -0.15) is 0 Å². The fourth-order valence-electron chi connectivity index (χ4n) is 3.21. The summed E-state index contributed by atoms with van der Waals surface area (Å²) in [6.45, 7) is 5.52. The zero-order valence-electron chi connectivity index (χ0n) is 12.4. The normalized spacial score (nSPS) is 26.5. The zero-order chi connectivity index (χ0) is 15.1. The Morgan fingerprint density at radius 3 is 2.38 bits per heavy atom. The Labute approximate surface area is 123 Å². The van der Waals surface area contributed by atoms with Crippen LogP contribution in [-0.4, -0.2) is 25.2 Å². The molecule has 1 saturated heterocycles. The molecule has 1 heterocycles. The maximum absolute atomic E-state index is 14.1. The van der Waals surface area contributed by atoms with Crippen molar-refractivity contribution in [1.29, 1.82) is 0 Å². The van der Waals surface area contributed by atoms with Crippen molar-refractivity contribution in [3.63, 3.8) is 0 Å². The van der Waals surface area contributed by atoms with Crippen molar-refractivity contribution in [2.45, 2.75) is 38.8 Å². The number of hydrogen-bond acceptors (Lipinski definition) is 2. The van der Waals surface area contributed by atoms with Gasteiger partial charge >= 0.3 is 0 Å². The molecule has 0 amide bonds. The van der Waals surface area contributed by atoms with Gasteiger partial charge in [0.05, 0.1) is 5.69 Å². The fraction of sp³-hybridized carbons (Fsp3) is 0.625. The fourth-order valence-corrected chi connectivity index (χ4v) is 3.21. The molecule has 2 fully saturated rings. The van der Waals surface area contributed by atoms with E-state index >= 15 is 0 Å². The molecular weight excluding hydrogens is 277 g/mol. The van der Waals surface area contributed by atoms with E-state index in [2.05, 4.69) is 19.2 Å². The first kappa shape index (κ1) is 14.7. The van der Waals surface area contributed by atoms with Gasteiger partial charge in [0.15, 0.2) is 11.6 Å². The summed E-state index contributed by atoms with van der Waals surface area (Å²) in [7, 11) is 0. The third-order valence-corrected chi connectivity index (χ3v) is 4.64. The zero-order valence-corrected chi connectivity index (χ0v) is 12.4. The SMILES string of the molecule is CC(C)C1CNC(C2CC2)CN1c1cc(F)c(F)cc1F. The van der Waals surface area contributed by atoms with Gasteiger partial charge in [0.25, 0.3) is 0 Å². The minimum Gasteiger partial charge on any atom is -0.363 e. The molecule has 5 heteroatoms. The third-order valence-electron chi connectivity index (χ3n) is 4.64. The van der Waals surface area contributed by atoms with Crippen molar-refractivity contribution >= 4 is 5.69 Å². The summed E-state index contributed by atoms with van der Waals surface area (Å²) in [6.07, 6.45) is 2.39. The average molecular weight is 298 g/mol. The highest BCUT2D eigenvalue weighted by molar-refractivity contribution is 5.50. The van der Waals surface area contributed by atoms with Crippen LogP contribution in [0.2, 0.25) is 0 Å². The van der Waals surface area contributed by atoms with E-state index in [1.54, 1.807) is 0 Å². The number of piperazine rings is 1. The number of halogens is 3. The van der Waals surface area contributed by atoms with Gasteiger partial charge in [-0.15, -0.1) is 0 Å². The molecule has 0 bridgehead atoms. The van der Waals surface area contributed by atoms with Crippen LogP contribution in [-0.2, 0) is 0 Å². The van der Waals surface area contributed by atoms with Crippen LogP contribution in [0.15, 0.2) is 12.1 Å².